The van der Waals surface area contributed by atoms with Crippen molar-refractivity contribution in [2.45, 2.75) is 96.4 Å². The molecule has 2 aliphatic heterocycles. The van der Waals surface area contributed by atoms with Crippen molar-refractivity contribution in [2.75, 3.05) is 46.0 Å². The van der Waals surface area contributed by atoms with Crippen LogP contribution in [0.2, 0.25) is 18.1 Å². The second-order valence-corrected chi connectivity index (χ2v) is 16.0. The maximum atomic E-state index is 9.43. The Morgan fingerprint density at radius 3 is 1.86 bits per heavy atom. The topological polar surface area (TPSA) is 56.2 Å². The fraction of sp³-hybridized carbons (Fsp3) is 1.00. The van der Waals surface area contributed by atoms with Gasteiger partial charge < -0.3 is 19.5 Å². The van der Waals surface area contributed by atoms with Crippen molar-refractivity contribution < 1.29 is 14.6 Å². The molecule has 2 fully saturated rings. The predicted molar refractivity (Wildman–Crippen MR) is 124 cm³/mol. The molecule has 2 heterocycles. The van der Waals surface area contributed by atoms with Gasteiger partial charge in [0.2, 0.25) is 0 Å². The summed E-state index contributed by atoms with van der Waals surface area (Å²) >= 11 is 0. The molecular weight excluding hydrogens is 380 g/mol. The van der Waals surface area contributed by atoms with Crippen LogP contribution >= 0.6 is 0 Å². The number of aliphatic hydroxyl groups is 2. The van der Waals surface area contributed by atoms with Crippen molar-refractivity contribution in [3.63, 3.8) is 0 Å². The quantitative estimate of drug-likeness (QED) is 0.433. The Morgan fingerprint density at radius 2 is 1.41 bits per heavy atom. The molecule has 1 unspecified atom stereocenters. The van der Waals surface area contributed by atoms with E-state index in [0.717, 1.165) is 26.1 Å². The summed E-state index contributed by atoms with van der Waals surface area (Å²) in [5.74, 6) is 0. The number of aliphatic hydroxyl groups excluding tert-OH is 2. The molecule has 1 atom stereocenters. The van der Waals surface area contributed by atoms with Crippen molar-refractivity contribution in [1.82, 2.24) is 9.80 Å². The van der Waals surface area contributed by atoms with Crippen LogP contribution in [-0.2, 0) is 4.43 Å². The smallest absolute Gasteiger partial charge is 0.191 e. The lowest BCUT2D eigenvalue weighted by Gasteiger charge is -2.49. The summed E-state index contributed by atoms with van der Waals surface area (Å²) in [5, 5.41) is 19.2. The Kier molecular flexibility index (Phi) is 9.20. The fourth-order valence-corrected chi connectivity index (χ4v) is 5.78. The van der Waals surface area contributed by atoms with E-state index in [0.29, 0.717) is 16.5 Å². The molecule has 5 nitrogen and oxygen atoms in total. The van der Waals surface area contributed by atoms with E-state index in [4.69, 9.17) is 4.43 Å². The van der Waals surface area contributed by atoms with E-state index in [1.54, 1.807) is 0 Å². The Balaban J connectivity index is 1.69. The first kappa shape index (κ1) is 25.3. The number of nitrogens with zero attached hydrogens (tertiary/aromatic N) is 2. The average molecular weight is 429 g/mol. The fourth-order valence-electron chi connectivity index (χ4n) is 4.70. The van der Waals surface area contributed by atoms with Gasteiger partial charge in [0.1, 0.15) is 0 Å². The van der Waals surface area contributed by atoms with Crippen LogP contribution in [0.15, 0.2) is 0 Å². The van der Waals surface area contributed by atoms with E-state index in [9.17, 15) is 10.2 Å². The first-order valence-corrected chi connectivity index (χ1v) is 14.8. The van der Waals surface area contributed by atoms with E-state index in [1.807, 2.05) is 0 Å². The van der Waals surface area contributed by atoms with Crippen molar-refractivity contribution in [1.29, 1.82) is 0 Å². The summed E-state index contributed by atoms with van der Waals surface area (Å²) in [4.78, 5) is 4.97. The van der Waals surface area contributed by atoms with Crippen LogP contribution in [0.25, 0.3) is 0 Å². The number of hydrogen-bond acceptors (Lipinski definition) is 5. The molecule has 0 saturated carbocycles. The monoisotopic (exact) mass is 428 g/mol. The number of likely N-dealkylation sites (tertiary alicyclic amines) is 2. The Labute approximate surface area is 180 Å². The highest BCUT2D eigenvalue weighted by molar-refractivity contribution is 6.74. The molecule has 0 amide bonds. The van der Waals surface area contributed by atoms with Gasteiger partial charge in [-0.05, 0) is 95.2 Å². The van der Waals surface area contributed by atoms with E-state index in [2.05, 4.69) is 50.6 Å². The van der Waals surface area contributed by atoms with Gasteiger partial charge >= 0.3 is 0 Å². The molecule has 0 aromatic heterocycles. The van der Waals surface area contributed by atoms with Gasteiger partial charge in [0.05, 0.1) is 19.3 Å². The molecular formula is C23H48N2O3Si. The van der Waals surface area contributed by atoms with Crippen molar-refractivity contribution >= 4 is 8.32 Å². The van der Waals surface area contributed by atoms with Gasteiger partial charge in [-0.15, -0.1) is 0 Å². The zero-order chi connectivity index (χ0) is 21.7. The van der Waals surface area contributed by atoms with Crippen LogP contribution in [0.3, 0.4) is 0 Å². The van der Waals surface area contributed by atoms with E-state index in [1.165, 1.54) is 45.2 Å². The van der Waals surface area contributed by atoms with Crippen molar-refractivity contribution in [2.24, 2.45) is 5.41 Å². The molecule has 2 aliphatic rings. The summed E-state index contributed by atoms with van der Waals surface area (Å²) in [6.45, 7) is 19.5. The molecule has 29 heavy (non-hydrogen) atoms. The highest BCUT2D eigenvalue weighted by Crippen LogP contribution is 2.42. The lowest BCUT2D eigenvalue weighted by molar-refractivity contribution is -0.0112. The van der Waals surface area contributed by atoms with Gasteiger partial charge in [0, 0.05) is 12.6 Å². The molecule has 0 aromatic rings. The summed E-state index contributed by atoms with van der Waals surface area (Å²) in [6, 6.07) is 0.574. The zero-order valence-corrected chi connectivity index (χ0v) is 21.0. The van der Waals surface area contributed by atoms with Gasteiger partial charge in [-0.25, -0.2) is 0 Å². The minimum Gasteiger partial charge on any atom is -0.417 e. The molecule has 0 aromatic carbocycles. The van der Waals surface area contributed by atoms with E-state index < -0.39 is 8.32 Å². The van der Waals surface area contributed by atoms with Crippen LogP contribution < -0.4 is 0 Å². The largest absolute Gasteiger partial charge is 0.417 e. The number of rotatable bonds is 9. The lowest BCUT2D eigenvalue weighted by atomic mass is 9.71. The minimum atomic E-state index is -1.61. The molecule has 2 saturated heterocycles. The lowest BCUT2D eigenvalue weighted by Crippen LogP contribution is -2.52. The zero-order valence-electron chi connectivity index (χ0n) is 20.0. The summed E-state index contributed by atoms with van der Waals surface area (Å²) in [7, 11) is -1.61. The number of piperidine rings is 2. The highest BCUT2D eigenvalue weighted by Gasteiger charge is 2.39. The highest BCUT2D eigenvalue weighted by atomic mass is 28.4. The molecule has 2 rings (SSSR count). The normalized spacial score (nSPS) is 23.1. The average Bonchev–Trinajstić information content (AvgIpc) is 2.67. The van der Waals surface area contributed by atoms with E-state index in [-0.39, 0.29) is 19.3 Å². The van der Waals surface area contributed by atoms with Gasteiger partial charge in [0.15, 0.2) is 8.32 Å². The molecule has 0 aliphatic carbocycles. The first-order valence-electron chi connectivity index (χ1n) is 11.9. The van der Waals surface area contributed by atoms with Crippen LogP contribution in [0.4, 0.5) is 0 Å². The third-order valence-electron chi connectivity index (χ3n) is 8.31. The Morgan fingerprint density at radius 1 is 0.931 bits per heavy atom. The van der Waals surface area contributed by atoms with Gasteiger partial charge in [-0.3, -0.25) is 4.90 Å². The third kappa shape index (κ3) is 6.75. The maximum absolute atomic E-state index is 9.43. The van der Waals surface area contributed by atoms with Crippen molar-refractivity contribution in [3.8, 4) is 0 Å². The first-order chi connectivity index (χ1) is 13.5. The molecule has 0 bridgehead atoms. The van der Waals surface area contributed by atoms with E-state index >= 15 is 0 Å². The molecule has 1 spiro atoms. The Bertz CT molecular complexity index is 473. The predicted octanol–water partition coefficient (Wildman–Crippen LogP) is 3.71. The second-order valence-electron chi connectivity index (χ2n) is 11.2. The molecule has 172 valence electrons. The maximum Gasteiger partial charge on any atom is 0.191 e. The summed E-state index contributed by atoms with van der Waals surface area (Å²) in [5.41, 5.74) is 0.494. The second kappa shape index (κ2) is 10.6. The van der Waals surface area contributed by atoms with Crippen LogP contribution in [0.5, 0.6) is 0 Å². The SMILES string of the molecule is CC(CCCO[Si](C)(C)C(C)(C)C)N1CCC2(CC1)CCN(C(CO)CO)CC2. The third-order valence-corrected chi connectivity index (χ3v) is 12.9. The van der Waals surface area contributed by atoms with Crippen LogP contribution in [-0.4, -0.2) is 86.4 Å². The molecule has 6 heteroatoms. The van der Waals surface area contributed by atoms with Crippen LogP contribution in [0.1, 0.15) is 66.2 Å². The van der Waals surface area contributed by atoms with Gasteiger partial charge in [-0.1, -0.05) is 20.8 Å². The molecule has 2 N–H and O–H groups in total. The van der Waals surface area contributed by atoms with Crippen LogP contribution in [0, 0.1) is 5.41 Å². The van der Waals surface area contributed by atoms with Gasteiger partial charge in [0.25, 0.3) is 0 Å². The van der Waals surface area contributed by atoms with Crippen molar-refractivity contribution in [3.05, 3.63) is 0 Å². The Hall–Kier alpha value is 0.0169. The standard InChI is InChI=1S/C23H48N2O3Si/c1-20(8-7-17-28-29(5,6)22(2,3)4)24-13-9-23(10-14-24)11-15-25(16-12-23)21(18-26)19-27/h20-21,26-27H,7-19H2,1-6H3. The van der Waals surface area contributed by atoms with Gasteiger partial charge in [-0.2, -0.15) is 0 Å². The summed E-state index contributed by atoms with van der Waals surface area (Å²) in [6.07, 6.45) is 7.42. The number of hydrogen-bond donors (Lipinski definition) is 2. The summed E-state index contributed by atoms with van der Waals surface area (Å²) < 4.78 is 6.35. The minimum absolute atomic E-state index is 0.0634. The molecule has 0 radical (unpaired) electrons.